The molecule has 1 aliphatic rings. The highest BCUT2D eigenvalue weighted by atomic mass is 35.5. The Kier molecular flexibility index (Phi) is 5.30. The standard InChI is InChI=1S/C12H20Cl2N4/c1-10-16-11(13)12(14)18(10)7-3-2-6-17-8-4-15-5-9-17/h15H,2-9H2,1H3. The van der Waals surface area contributed by atoms with Gasteiger partial charge in [-0.15, -0.1) is 0 Å². The summed E-state index contributed by atoms with van der Waals surface area (Å²) in [5, 5.41) is 4.34. The number of hydrogen-bond donors (Lipinski definition) is 1. The monoisotopic (exact) mass is 290 g/mol. The molecule has 0 saturated carbocycles. The van der Waals surface area contributed by atoms with E-state index in [9.17, 15) is 0 Å². The number of rotatable bonds is 5. The zero-order valence-electron chi connectivity index (χ0n) is 10.8. The average Bonchev–Trinajstić information content (AvgIpc) is 2.61. The van der Waals surface area contributed by atoms with Crippen LogP contribution in [0.2, 0.25) is 10.3 Å². The van der Waals surface area contributed by atoms with Gasteiger partial charge in [0, 0.05) is 32.7 Å². The van der Waals surface area contributed by atoms with Crippen molar-refractivity contribution in [1.29, 1.82) is 0 Å². The topological polar surface area (TPSA) is 33.1 Å². The van der Waals surface area contributed by atoms with Crippen LogP contribution in [-0.4, -0.2) is 47.2 Å². The second kappa shape index (κ2) is 6.75. The lowest BCUT2D eigenvalue weighted by Crippen LogP contribution is -2.43. The summed E-state index contributed by atoms with van der Waals surface area (Å²) in [4.78, 5) is 6.66. The number of piperazine rings is 1. The highest BCUT2D eigenvalue weighted by Crippen LogP contribution is 2.22. The van der Waals surface area contributed by atoms with Gasteiger partial charge in [0.05, 0.1) is 0 Å². The van der Waals surface area contributed by atoms with Crippen LogP contribution in [0.5, 0.6) is 0 Å². The molecular weight excluding hydrogens is 271 g/mol. The Morgan fingerprint density at radius 1 is 1.17 bits per heavy atom. The van der Waals surface area contributed by atoms with Gasteiger partial charge >= 0.3 is 0 Å². The van der Waals surface area contributed by atoms with Crippen molar-refractivity contribution in [2.45, 2.75) is 26.3 Å². The number of aryl methyl sites for hydroxylation is 1. The molecule has 1 aromatic heterocycles. The van der Waals surface area contributed by atoms with Gasteiger partial charge in [-0.05, 0) is 26.3 Å². The van der Waals surface area contributed by atoms with Crippen LogP contribution >= 0.6 is 23.2 Å². The zero-order valence-corrected chi connectivity index (χ0v) is 12.3. The molecule has 1 aromatic rings. The smallest absolute Gasteiger partial charge is 0.166 e. The minimum absolute atomic E-state index is 0.413. The van der Waals surface area contributed by atoms with E-state index >= 15 is 0 Å². The van der Waals surface area contributed by atoms with E-state index in [0.29, 0.717) is 10.3 Å². The SMILES string of the molecule is Cc1nc(Cl)c(Cl)n1CCCCN1CCNCC1. The van der Waals surface area contributed by atoms with Crippen molar-refractivity contribution in [1.82, 2.24) is 19.8 Å². The number of hydrogen-bond acceptors (Lipinski definition) is 3. The average molecular weight is 291 g/mol. The molecule has 6 heteroatoms. The molecule has 0 bridgehead atoms. The van der Waals surface area contributed by atoms with Crippen molar-refractivity contribution in [2.75, 3.05) is 32.7 Å². The minimum atomic E-state index is 0.413. The first-order valence-corrected chi connectivity index (χ1v) is 7.25. The summed E-state index contributed by atoms with van der Waals surface area (Å²) in [6.07, 6.45) is 2.29. The Balaban J connectivity index is 1.71. The van der Waals surface area contributed by atoms with Gasteiger partial charge in [-0.1, -0.05) is 23.2 Å². The fraction of sp³-hybridized carbons (Fsp3) is 0.750. The van der Waals surface area contributed by atoms with Crippen LogP contribution in [0.15, 0.2) is 0 Å². The highest BCUT2D eigenvalue weighted by Gasteiger charge is 2.11. The summed E-state index contributed by atoms with van der Waals surface area (Å²) in [5.74, 6) is 0.896. The third-order valence-electron chi connectivity index (χ3n) is 3.37. The molecule has 0 atom stereocenters. The maximum absolute atomic E-state index is 6.09. The van der Waals surface area contributed by atoms with E-state index in [2.05, 4.69) is 15.2 Å². The molecule has 0 aromatic carbocycles. The number of unbranched alkanes of at least 4 members (excludes halogenated alkanes) is 1. The first-order chi connectivity index (χ1) is 8.68. The van der Waals surface area contributed by atoms with Crippen molar-refractivity contribution in [3.8, 4) is 0 Å². The van der Waals surface area contributed by atoms with Gasteiger partial charge in [0.25, 0.3) is 0 Å². The van der Waals surface area contributed by atoms with Crippen molar-refractivity contribution in [3.05, 3.63) is 16.1 Å². The van der Waals surface area contributed by atoms with Crippen LogP contribution in [0.1, 0.15) is 18.7 Å². The molecule has 2 rings (SSSR count). The molecule has 0 aliphatic carbocycles. The van der Waals surface area contributed by atoms with Gasteiger partial charge < -0.3 is 14.8 Å². The highest BCUT2D eigenvalue weighted by molar-refractivity contribution is 6.40. The van der Waals surface area contributed by atoms with Gasteiger partial charge in [0.15, 0.2) is 5.15 Å². The summed E-state index contributed by atoms with van der Waals surface area (Å²) < 4.78 is 1.99. The first-order valence-electron chi connectivity index (χ1n) is 6.49. The predicted molar refractivity (Wildman–Crippen MR) is 75.5 cm³/mol. The van der Waals surface area contributed by atoms with Crippen LogP contribution in [0, 0.1) is 6.92 Å². The molecule has 0 amide bonds. The number of aromatic nitrogens is 2. The van der Waals surface area contributed by atoms with Crippen LogP contribution in [0.4, 0.5) is 0 Å². The van der Waals surface area contributed by atoms with Crippen molar-refractivity contribution >= 4 is 23.2 Å². The van der Waals surface area contributed by atoms with Crippen molar-refractivity contribution in [3.63, 3.8) is 0 Å². The largest absolute Gasteiger partial charge is 0.318 e. The van der Waals surface area contributed by atoms with Crippen molar-refractivity contribution < 1.29 is 0 Å². The van der Waals surface area contributed by atoms with Gasteiger partial charge in [0.1, 0.15) is 11.0 Å². The Hall–Kier alpha value is -0.290. The third-order valence-corrected chi connectivity index (χ3v) is 4.12. The number of imidazole rings is 1. The quantitative estimate of drug-likeness (QED) is 0.844. The van der Waals surface area contributed by atoms with Crippen LogP contribution in [0.3, 0.4) is 0 Å². The molecule has 0 unspecified atom stereocenters. The van der Waals surface area contributed by atoms with E-state index in [1.165, 1.54) is 13.0 Å². The molecule has 4 nitrogen and oxygen atoms in total. The fourth-order valence-corrected chi connectivity index (χ4v) is 2.78. The second-order valence-corrected chi connectivity index (χ2v) is 5.41. The predicted octanol–water partition coefficient (Wildman–Crippen LogP) is 2.18. The van der Waals surface area contributed by atoms with Crippen molar-refractivity contribution in [2.24, 2.45) is 0 Å². The first kappa shape index (κ1) is 14.1. The molecule has 0 spiro atoms. The Morgan fingerprint density at radius 2 is 1.83 bits per heavy atom. The van der Waals surface area contributed by atoms with E-state index in [0.717, 1.165) is 45.0 Å². The molecule has 0 radical (unpaired) electrons. The number of halogens is 2. The summed E-state index contributed by atoms with van der Waals surface area (Å²) in [6, 6.07) is 0. The molecule has 102 valence electrons. The summed E-state index contributed by atoms with van der Waals surface area (Å²) in [7, 11) is 0. The molecule has 1 saturated heterocycles. The van der Waals surface area contributed by atoms with E-state index in [4.69, 9.17) is 23.2 Å². The summed E-state index contributed by atoms with van der Waals surface area (Å²) >= 11 is 12.0. The Bertz CT molecular complexity index is 386. The van der Waals surface area contributed by atoms with Gasteiger partial charge in [-0.3, -0.25) is 0 Å². The fourth-order valence-electron chi connectivity index (χ4n) is 2.30. The Labute approximate surface area is 118 Å². The van der Waals surface area contributed by atoms with Gasteiger partial charge in [-0.2, -0.15) is 0 Å². The minimum Gasteiger partial charge on any atom is -0.318 e. The van der Waals surface area contributed by atoms with E-state index in [1.54, 1.807) is 0 Å². The summed E-state index contributed by atoms with van der Waals surface area (Å²) in [5.41, 5.74) is 0. The molecule has 18 heavy (non-hydrogen) atoms. The van der Waals surface area contributed by atoms with Gasteiger partial charge in [-0.25, -0.2) is 4.98 Å². The molecule has 1 fully saturated rings. The number of nitrogens with zero attached hydrogens (tertiary/aromatic N) is 3. The molecular formula is C12H20Cl2N4. The molecule has 1 N–H and O–H groups in total. The maximum atomic E-state index is 6.09. The second-order valence-electron chi connectivity index (χ2n) is 4.69. The van der Waals surface area contributed by atoms with Crippen LogP contribution in [-0.2, 0) is 6.54 Å². The molecule has 2 heterocycles. The Morgan fingerprint density at radius 3 is 2.44 bits per heavy atom. The lowest BCUT2D eigenvalue weighted by Gasteiger charge is -2.27. The van der Waals surface area contributed by atoms with E-state index < -0.39 is 0 Å². The number of nitrogens with one attached hydrogen (secondary N) is 1. The van der Waals surface area contributed by atoms with E-state index in [-0.39, 0.29) is 0 Å². The normalized spacial score (nSPS) is 17.3. The lowest BCUT2D eigenvalue weighted by molar-refractivity contribution is 0.235. The van der Waals surface area contributed by atoms with Crippen LogP contribution < -0.4 is 5.32 Å². The van der Waals surface area contributed by atoms with Gasteiger partial charge in [0.2, 0.25) is 0 Å². The summed E-state index contributed by atoms with van der Waals surface area (Å²) in [6.45, 7) is 8.56. The van der Waals surface area contributed by atoms with E-state index in [1.807, 2.05) is 11.5 Å². The van der Waals surface area contributed by atoms with Crippen LogP contribution in [0.25, 0.3) is 0 Å². The molecule has 1 aliphatic heterocycles. The lowest BCUT2D eigenvalue weighted by atomic mass is 10.2. The third kappa shape index (κ3) is 3.60. The maximum Gasteiger partial charge on any atom is 0.166 e. The zero-order chi connectivity index (χ0) is 13.0.